The molecule has 0 heterocycles. The number of nitrogens with one attached hydrogen (secondary N) is 2. The largest absolute Gasteiger partial charge is 0.391 e. The predicted octanol–water partition coefficient (Wildman–Crippen LogP) is 4.99. The topological polar surface area (TPSA) is 59.6 Å². The van der Waals surface area contributed by atoms with Crippen LogP contribution in [-0.4, -0.2) is 19.8 Å². The zero-order valence-corrected chi connectivity index (χ0v) is 15.3. The van der Waals surface area contributed by atoms with E-state index in [-0.39, 0.29) is 6.61 Å². The first-order valence-electron chi connectivity index (χ1n) is 8.03. The lowest BCUT2D eigenvalue weighted by Crippen LogP contribution is -2.13. The maximum Gasteiger partial charge on any atom is 0.391 e. The van der Waals surface area contributed by atoms with Crippen LogP contribution in [0, 0.1) is 13.8 Å². The van der Waals surface area contributed by atoms with Crippen LogP contribution in [0.1, 0.15) is 18.1 Å². The van der Waals surface area contributed by atoms with Crippen molar-refractivity contribution in [1.82, 2.24) is 0 Å². The van der Waals surface area contributed by atoms with Gasteiger partial charge in [-0.3, -0.25) is 14.7 Å². The Kier molecular flexibility index (Phi) is 6.85. The highest BCUT2D eigenvalue weighted by atomic mass is 31.2. The highest BCUT2D eigenvalue weighted by molar-refractivity contribution is 7.62. The van der Waals surface area contributed by atoms with E-state index in [0.29, 0.717) is 13.2 Å². The Bertz CT molecular complexity index is 620. The third kappa shape index (κ3) is 6.00. The van der Waals surface area contributed by atoms with Crippen molar-refractivity contribution in [3.05, 3.63) is 59.7 Å². The van der Waals surface area contributed by atoms with Gasteiger partial charge in [-0.2, -0.15) is 0 Å². The molecule has 2 N–H and O–H groups in total. The summed E-state index contributed by atoms with van der Waals surface area (Å²) in [5.41, 5.74) is 3.75. The fraction of sp³-hybridized carbons (Fsp3) is 0.333. The monoisotopic (exact) mass is 348 g/mol. The minimum Gasteiger partial charge on any atom is -0.379 e. The summed E-state index contributed by atoms with van der Waals surface area (Å²) in [7, 11) is -3.31. The average molecular weight is 348 g/mol. The molecule has 2 aromatic carbocycles. The van der Waals surface area contributed by atoms with Crippen molar-refractivity contribution in [3.8, 4) is 0 Å². The Labute approximate surface area is 143 Å². The van der Waals surface area contributed by atoms with Gasteiger partial charge in [0.1, 0.15) is 0 Å². The molecule has 0 aromatic heterocycles. The van der Waals surface area contributed by atoms with Crippen molar-refractivity contribution >= 4 is 19.0 Å². The zero-order chi connectivity index (χ0) is 17.4. The Morgan fingerprint density at radius 1 is 0.833 bits per heavy atom. The molecule has 0 aliphatic rings. The van der Waals surface area contributed by atoms with Gasteiger partial charge in [0.05, 0.1) is 13.2 Å². The number of hydrogen-bond acceptors (Lipinski definition) is 3. The van der Waals surface area contributed by atoms with Gasteiger partial charge in [0, 0.05) is 18.0 Å². The van der Waals surface area contributed by atoms with Crippen LogP contribution in [0.4, 0.5) is 11.4 Å². The first-order chi connectivity index (χ1) is 11.5. The molecule has 0 saturated heterocycles. The summed E-state index contributed by atoms with van der Waals surface area (Å²) in [5.74, 6) is 0. The molecule has 0 aliphatic carbocycles. The summed E-state index contributed by atoms with van der Waals surface area (Å²) in [5, 5.41) is 5.98. The average Bonchev–Trinajstić information content (AvgIpc) is 2.56. The van der Waals surface area contributed by atoms with Crippen molar-refractivity contribution in [1.29, 1.82) is 0 Å². The van der Waals surface area contributed by atoms with E-state index in [0.717, 1.165) is 22.5 Å². The Morgan fingerprint density at radius 3 is 1.71 bits per heavy atom. The van der Waals surface area contributed by atoms with Gasteiger partial charge in [-0.1, -0.05) is 35.4 Å². The van der Waals surface area contributed by atoms with Crippen LogP contribution in [-0.2, 0) is 13.8 Å². The smallest absolute Gasteiger partial charge is 0.379 e. The van der Waals surface area contributed by atoms with Crippen LogP contribution >= 0.6 is 7.67 Å². The Hall–Kier alpha value is -1.81. The van der Waals surface area contributed by atoms with Gasteiger partial charge in [-0.15, -0.1) is 0 Å². The molecule has 2 rings (SSSR count). The van der Waals surface area contributed by atoms with Crippen LogP contribution in [0.3, 0.4) is 0 Å². The molecule has 0 unspecified atom stereocenters. The predicted molar refractivity (Wildman–Crippen MR) is 99.7 cm³/mol. The Balaban J connectivity index is 2.11. The molecular weight excluding hydrogens is 323 g/mol. The van der Waals surface area contributed by atoms with Gasteiger partial charge in [-0.05, 0) is 45.0 Å². The Morgan fingerprint density at radius 2 is 1.29 bits per heavy atom. The van der Waals surface area contributed by atoms with E-state index < -0.39 is 7.67 Å². The molecule has 0 spiro atoms. The summed E-state index contributed by atoms with van der Waals surface area (Å²) < 4.78 is 24.1. The number of aryl methyl sites for hydroxylation is 2. The van der Waals surface area contributed by atoms with Gasteiger partial charge in [0.15, 0.2) is 0 Å². The van der Waals surface area contributed by atoms with Crippen molar-refractivity contribution < 1.29 is 13.8 Å². The van der Waals surface area contributed by atoms with E-state index in [1.165, 1.54) is 0 Å². The van der Waals surface area contributed by atoms with Crippen LogP contribution in [0.25, 0.3) is 0 Å². The molecule has 0 radical (unpaired) electrons. The molecule has 0 aliphatic heterocycles. The highest BCUT2D eigenvalue weighted by Crippen LogP contribution is 2.46. The maximum absolute atomic E-state index is 13.2. The van der Waals surface area contributed by atoms with Crippen molar-refractivity contribution in [2.24, 2.45) is 0 Å². The number of anilines is 2. The lowest BCUT2D eigenvalue weighted by molar-refractivity contribution is 0.112. The SMILES string of the molecule is CCOCCOP(=O)(Nc1ccc(C)cc1)Nc1ccc(C)cc1. The summed E-state index contributed by atoms with van der Waals surface area (Å²) in [6, 6.07) is 15.3. The van der Waals surface area contributed by atoms with Gasteiger partial charge in [0.25, 0.3) is 0 Å². The molecule has 24 heavy (non-hydrogen) atoms. The third-order valence-corrected chi connectivity index (χ3v) is 5.01. The van der Waals surface area contributed by atoms with Crippen LogP contribution in [0.15, 0.2) is 48.5 Å². The van der Waals surface area contributed by atoms with E-state index in [1.54, 1.807) is 0 Å². The highest BCUT2D eigenvalue weighted by Gasteiger charge is 2.23. The van der Waals surface area contributed by atoms with E-state index in [9.17, 15) is 4.57 Å². The summed E-state index contributed by atoms with van der Waals surface area (Å²) in [6.45, 7) is 7.16. The van der Waals surface area contributed by atoms with Gasteiger partial charge in [-0.25, -0.2) is 4.57 Å². The van der Waals surface area contributed by atoms with Crippen molar-refractivity contribution in [3.63, 3.8) is 0 Å². The maximum atomic E-state index is 13.2. The van der Waals surface area contributed by atoms with Gasteiger partial charge < -0.3 is 4.74 Å². The number of rotatable bonds is 9. The van der Waals surface area contributed by atoms with Gasteiger partial charge >= 0.3 is 7.67 Å². The first-order valence-corrected chi connectivity index (χ1v) is 9.65. The van der Waals surface area contributed by atoms with Crippen LogP contribution in [0.5, 0.6) is 0 Å². The van der Waals surface area contributed by atoms with E-state index >= 15 is 0 Å². The molecular formula is C18H25N2O3P. The van der Waals surface area contributed by atoms with E-state index in [4.69, 9.17) is 9.26 Å². The first kappa shape index (κ1) is 18.5. The normalized spacial score (nSPS) is 11.3. The molecule has 0 saturated carbocycles. The molecule has 5 nitrogen and oxygen atoms in total. The third-order valence-electron chi connectivity index (χ3n) is 3.36. The van der Waals surface area contributed by atoms with Crippen molar-refractivity contribution in [2.45, 2.75) is 20.8 Å². The lowest BCUT2D eigenvalue weighted by Gasteiger charge is -2.22. The summed E-state index contributed by atoms with van der Waals surface area (Å²) in [6.07, 6.45) is 0. The molecule has 130 valence electrons. The zero-order valence-electron chi connectivity index (χ0n) is 14.4. The number of benzene rings is 2. The fourth-order valence-electron chi connectivity index (χ4n) is 2.06. The van der Waals surface area contributed by atoms with Crippen LogP contribution in [0.2, 0.25) is 0 Å². The fourth-order valence-corrected chi connectivity index (χ4v) is 3.55. The minimum atomic E-state index is -3.31. The van der Waals surface area contributed by atoms with E-state index in [2.05, 4.69) is 10.2 Å². The summed E-state index contributed by atoms with van der Waals surface area (Å²) in [4.78, 5) is 0. The van der Waals surface area contributed by atoms with Gasteiger partial charge in [0.2, 0.25) is 0 Å². The lowest BCUT2D eigenvalue weighted by atomic mass is 10.2. The summed E-state index contributed by atoms with van der Waals surface area (Å²) >= 11 is 0. The molecule has 0 bridgehead atoms. The minimum absolute atomic E-state index is 0.239. The second kappa shape index (κ2) is 8.88. The van der Waals surface area contributed by atoms with Crippen LogP contribution < -0.4 is 10.2 Å². The molecule has 0 amide bonds. The van der Waals surface area contributed by atoms with E-state index in [1.807, 2.05) is 69.3 Å². The molecule has 2 aromatic rings. The van der Waals surface area contributed by atoms with Crippen molar-refractivity contribution in [2.75, 3.05) is 30.0 Å². The standard InChI is InChI=1S/C18H25N2O3P/c1-4-22-13-14-23-24(21,19-17-9-5-15(2)6-10-17)20-18-11-7-16(3)8-12-18/h5-12H,4,13-14H2,1-3H3,(H2,19,20,21). The quantitative estimate of drug-likeness (QED) is 0.494. The second-order valence-corrected chi connectivity index (χ2v) is 7.35. The number of ether oxygens (including phenoxy) is 1. The second-order valence-electron chi connectivity index (χ2n) is 5.54. The molecule has 0 atom stereocenters. The molecule has 6 heteroatoms. The molecule has 0 fully saturated rings. The number of hydrogen-bond donors (Lipinski definition) is 2.